The highest BCUT2D eigenvalue weighted by molar-refractivity contribution is 5.95. The summed E-state index contributed by atoms with van der Waals surface area (Å²) in [6.45, 7) is 5.53. The fourth-order valence-electron chi connectivity index (χ4n) is 3.12. The minimum Gasteiger partial charge on any atom is -0.298 e. The van der Waals surface area contributed by atoms with E-state index in [9.17, 15) is 9.18 Å². The number of piperidine rings is 1. The zero-order valence-electron chi connectivity index (χ0n) is 12.4. The first-order chi connectivity index (χ1) is 9.58. The number of halogens is 1. The second kappa shape index (κ2) is 6.98. The third-order valence-electron chi connectivity index (χ3n) is 4.36. The second-order valence-electron chi connectivity index (χ2n) is 5.90. The predicted molar refractivity (Wildman–Crippen MR) is 79.4 cm³/mol. The topological polar surface area (TPSA) is 20.3 Å². The molecule has 0 saturated carbocycles. The van der Waals surface area contributed by atoms with Gasteiger partial charge in [0.05, 0.1) is 0 Å². The Balaban J connectivity index is 1.80. The Bertz CT molecular complexity index is 433. The summed E-state index contributed by atoms with van der Waals surface area (Å²) >= 11 is 0. The van der Waals surface area contributed by atoms with Crippen LogP contribution in [0.2, 0.25) is 0 Å². The van der Waals surface area contributed by atoms with Crippen molar-refractivity contribution in [3.8, 4) is 0 Å². The van der Waals surface area contributed by atoms with Crippen LogP contribution in [0.1, 0.15) is 56.3 Å². The van der Waals surface area contributed by atoms with E-state index in [1.807, 2.05) is 0 Å². The predicted octanol–water partition coefficient (Wildman–Crippen LogP) is 4.05. The van der Waals surface area contributed by atoms with Crippen molar-refractivity contribution in [2.75, 3.05) is 6.54 Å². The summed E-state index contributed by atoms with van der Waals surface area (Å²) in [6, 6.07) is 7.09. The summed E-state index contributed by atoms with van der Waals surface area (Å²) in [6.07, 6.45) is 5.26. The van der Waals surface area contributed by atoms with Gasteiger partial charge in [0.2, 0.25) is 0 Å². The van der Waals surface area contributed by atoms with Crippen molar-refractivity contribution in [2.24, 2.45) is 0 Å². The quantitative estimate of drug-likeness (QED) is 0.757. The van der Waals surface area contributed by atoms with E-state index in [0.717, 1.165) is 13.0 Å². The van der Waals surface area contributed by atoms with Gasteiger partial charge >= 0.3 is 0 Å². The first-order valence-electron chi connectivity index (χ1n) is 7.62. The number of Topliss-reactive ketones (excluding diaryl/α,β-unsaturated/α-hetero) is 1. The average molecular weight is 277 g/mol. The van der Waals surface area contributed by atoms with Crippen LogP contribution in [0.4, 0.5) is 4.39 Å². The molecule has 1 saturated heterocycles. The number of hydrogen-bond donors (Lipinski definition) is 0. The lowest BCUT2D eigenvalue weighted by molar-refractivity contribution is 0.0901. The van der Waals surface area contributed by atoms with Gasteiger partial charge in [0.25, 0.3) is 0 Å². The van der Waals surface area contributed by atoms with Crippen molar-refractivity contribution < 1.29 is 9.18 Å². The lowest BCUT2D eigenvalue weighted by Crippen LogP contribution is -2.44. The zero-order chi connectivity index (χ0) is 14.5. The largest absolute Gasteiger partial charge is 0.298 e. The Labute approximate surface area is 121 Å². The molecule has 0 aliphatic carbocycles. The molecule has 3 heteroatoms. The molecule has 2 nitrogen and oxygen atoms in total. The van der Waals surface area contributed by atoms with Gasteiger partial charge in [-0.1, -0.05) is 6.42 Å². The Morgan fingerprint density at radius 3 is 2.40 bits per heavy atom. The number of hydrogen-bond acceptors (Lipinski definition) is 2. The molecule has 0 unspecified atom stereocenters. The molecule has 1 heterocycles. The van der Waals surface area contributed by atoms with Crippen molar-refractivity contribution in [3.05, 3.63) is 35.6 Å². The molecule has 1 aromatic carbocycles. The summed E-state index contributed by atoms with van der Waals surface area (Å²) in [4.78, 5) is 14.5. The van der Waals surface area contributed by atoms with Gasteiger partial charge < -0.3 is 0 Å². The molecule has 1 aromatic rings. The molecule has 0 amide bonds. The highest BCUT2D eigenvalue weighted by Gasteiger charge is 2.24. The van der Waals surface area contributed by atoms with Crippen molar-refractivity contribution >= 4 is 5.78 Å². The maximum atomic E-state index is 12.8. The Hall–Kier alpha value is -1.22. The van der Waals surface area contributed by atoms with Crippen LogP contribution in [0, 0.1) is 5.82 Å². The molecule has 0 aromatic heterocycles. The summed E-state index contributed by atoms with van der Waals surface area (Å²) in [5.41, 5.74) is 0.617. The Morgan fingerprint density at radius 1 is 1.20 bits per heavy atom. The first-order valence-corrected chi connectivity index (χ1v) is 7.62. The van der Waals surface area contributed by atoms with Crippen LogP contribution in [0.15, 0.2) is 24.3 Å². The normalized spacial score (nSPS) is 23.8. The molecule has 0 radical (unpaired) electrons. The SMILES string of the molecule is C[C@@H]1CCC[C@H](C)N1CCCC(=O)c1ccc(F)cc1. The van der Waals surface area contributed by atoms with Gasteiger partial charge in [0.1, 0.15) is 5.82 Å². The zero-order valence-corrected chi connectivity index (χ0v) is 12.4. The van der Waals surface area contributed by atoms with E-state index >= 15 is 0 Å². The number of nitrogens with zero attached hydrogens (tertiary/aromatic N) is 1. The maximum absolute atomic E-state index is 12.8. The molecule has 0 spiro atoms. The van der Waals surface area contributed by atoms with Crippen molar-refractivity contribution in [1.82, 2.24) is 4.90 Å². The molecule has 1 aliphatic heterocycles. The third kappa shape index (κ3) is 3.89. The fourth-order valence-corrected chi connectivity index (χ4v) is 3.12. The fraction of sp³-hybridized carbons (Fsp3) is 0.588. The third-order valence-corrected chi connectivity index (χ3v) is 4.36. The number of ketones is 1. The van der Waals surface area contributed by atoms with E-state index in [4.69, 9.17) is 0 Å². The number of carbonyl (C=O) groups excluding carboxylic acids is 1. The smallest absolute Gasteiger partial charge is 0.162 e. The van der Waals surface area contributed by atoms with Crippen molar-refractivity contribution in [2.45, 2.75) is 58.0 Å². The molecular formula is C17H24FNO. The Morgan fingerprint density at radius 2 is 1.80 bits per heavy atom. The van der Waals surface area contributed by atoms with Gasteiger partial charge in [-0.15, -0.1) is 0 Å². The number of carbonyl (C=O) groups is 1. The van der Waals surface area contributed by atoms with Crippen LogP contribution in [0.5, 0.6) is 0 Å². The summed E-state index contributed by atoms with van der Waals surface area (Å²) in [7, 11) is 0. The highest BCUT2D eigenvalue weighted by atomic mass is 19.1. The van der Waals surface area contributed by atoms with Crippen LogP contribution in [0.25, 0.3) is 0 Å². The van der Waals surface area contributed by atoms with E-state index in [0.29, 0.717) is 24.1 Å². The lowest BCUT2D eigenvalue weighted by atomic mass is 9.97. The summed E-state index contributed by atoms with van der Waals surface area (Å²) in [5.74, 6) is -0.181. The van der Waals surface area contributed by atoms with Crippen LogP contribution in [-0.2, 0) is 0 Å². The molecule has 1 fully saturated rings. The number of benzene rings is 1. The van der Waals surface area contributed by atoms with Gasteiger partial charge in [-0.25, -0.2) is 4.39 Å². The Kier molecular flexibility index (Phi) is 5.30. The van der Waals surface area contributed by atoms with E-state index in [1.165, 1.54) is 31.4 Å². The van der Waals surface area contributed by atoms with Crippen LogP contribution < -0.4 is 0 Å². The van der Waals surface area contributed by atoms with E-state index in [2.05, 4.69) is 18.7 Å². The summed E-state index contributed by atoms with van der Waals surface area (Å²) < 4.78 is 12.8. The summed E-state index contributed by atoms with van der Waals surface area (Å²) in [5, 5.41) is 0. The van der Waals surface area contributed by atoms with Gasteiger partial charge in [0, 0.05) is 24.1 Å². The molecule has 2 atom stereocenters. The molecule has 1 aliphatic rings. The first kappa shape index (κ1) is 15.2. The standard InChI is InChI=1S/C17H24FNO/c1-13-5-3-6-14(2)19(13)12-4-7-17(20)15-8-10-16(18)11-9-15/h8-11,13-14H,3-7,12H2,1-2H3/t13-,14+. The highest BCUT2D eigenvalue weighted by Crippen LogP contribution is 2.22. The van der Waals surface area contributed by atoms with E-state index < -0.39 is 0 Å². The number of rotatable bonds is 5. The average Bonchev–Trinajstić information content (AvgIpc) is 2.42. The van der Waals surface area contributed by atoms with E-state index in [1.54, 1.807) is 12.1 Å². The van der Waals surface area contributed by atoms with Gasteiger partial charge in [-0.2, -0.15) is 0 Å². The molecule has 0 bridgehead atoms. The molecule has 0 N–H and O–H groups in total. The molecule has 2 rings (SSSR count). The molecule has 110 valence electrons. The van der Waals surface area contributed by atoms with Crippen LogP contribution >= 0.6 is 0 Å². The van der Waals surface area contributed by atoms with Crippen LogP contribution in [0.3, 0.4) is 0 Å². The lowest BCUT2D eigenvalue weighted by Gasteiger charge is -2.39. The minimum atomic E-state index is -0.294. The maximum Gasteiger partial charge on any atom is 0.162 e. The second-order valence-corrected chi connectivity index (χ2v) is 5.90. The van der Waals surface area contributed by atoms with Crippen LogP contribution in [-0.4, -0.2) is 29.3 Å². The van der Waals surface area contributed by atoms with Gasteiger partial charge in [-0.05, 0) is 63.9 Å². The molecule has 20 heavy (non-hydrogen) atoms. The van der Waals surface area contributed by atoms with Crippen molar-refractivity contribution in [3.63, 3.8) is 0 Å². The van der Waals surface area contributed by atoms with E-state index in [-0.39, 0.29) is 11.6 Å². The minimum absolute atomic E-state index is 0.113. The molecular weight excluding hydrogens is 253 g/mol. The van der Waals surface area contributed by atoms with Crippen molar-refractivity contribution in [1.29, 1.82) is 0 Å². The monoisotopic (exact) mass is 277 g/mol. The van der Waals surface area contributed by atoms with Gasteiger partial charge in [-0.3, -0.25) is 9.69 Å². The number of likely N-dealkylation sites (tertiary alicyclic amines) is 1. The van der Waals surface area contributed by atoms with Gasteiger partial charge in [0.15, 0.2) is 5.78 Å².